The number of hydrogen-bond acceptors (Lipinski definition) is 3. The molecule has 1 N–H and O–H groups in total. The van der Waals surface area contributed by atoms with E-state index in [1.54, 1.807) is 18.3 Å². The van der Waals surface area contributed by atoms with E-state index in [9.17, 15) is 0 Å². The number of para-hydroxylation sites is 2. The summed E-state index contributed by atoms with van der Waals surface area (Å²) in [7, 11) is 1.74. The summed E-state index contributed by atoms with van der Waals surface area (Å²) in [5.41, 5.74) is 2.49. The molecule has 2 aromatic rings. The summed E-state index contributed by atoms with van der Waals surface area (Å²) in [5.74, 6) is 0.964. The predicted molar refractivity (Wildman–Crippen MR) is 78.3 cm³/mol. The molecule has 0 bridgehead atoms. The summed E-state index contributed by atoms with van der Waals surface area (Å²) in [6.45, 7) is 5.46. The summed E-state index contributed by atoms with van der Waals surface area (Å²) in [4.78, 5) is 4.02. The molecular weight excluding hydrogens is 252 g/mol. The Kier molecular flexibility index (Phi) is 3.92. The van der Waals surface area contributed by atoms with Crippen molar-refractivity contribution in [3.05, 3.63) is 48.4 Å². The summed E-state index contributed by atoms with van der Waals surface area (Å²) in [5, 5.41) is 0. The molecule has 1 fully saturated rings. The molecule has 2 heterocycles. The zero-order valence-corrected chi connectivity index (χ0v) is 11.8. The van der Waals surface area contributed by atoms with Crippen LogP contribution in [-0.4, -0.2) is 33.3 Å². The van der Waals surface area contributed by atoms with Crippen LogP contribution in [0.2, 0.25) is 0 Å². The van der Waals surface area contributed by atoms with Gasteiger partial charge in [-0.25, -0.2) is 0 Å². The number of anilines is 1. The van der Waals surface area contributed by atoms with Crippen LogP contribution in [0.5, 0.6) is 5.75 Å². The molecule has 0 atom stereocenters. The van der Waals surface area contributed by atoms with Gasteiger partial charge in [0.05, 0.1) is 51.5 Å². The van der Waals surface area contributed by atoms with Crippen LogP contribution in [0.1, 0.15) is 5.56 Å². The molecule has 4 heteroatoms. The number of hydrogen-bond donors (Lipinski definition) is 1. The van der Waals surface area contributed by atoms with Gasteiger partial charge in [-0.1, -0.05) is 12.1 Å². The van der Waals surface area contributed by atoms with Crippen LogP contribution in [0, 0.1) is 0 Å². The van der Waals surface area contributed by atoms with Crippen molar-refractivity contribution < 1.29 is 14.1 Å². The first-order valence-electron chi connectivity index (χ1n) is 7.09. The Labute approximate surface area is 119 Å². The number of benzene rings is 1. The van der Waals surface area contributed by atoms with Crippen LogP contribution in [-0.2, 0) is 6.54 Å². The van der Waals surface area contributed by atoms with Gasteiger partial charge in [0.2, 0.25) is 0 Å². The summed E-state index contributed by atoms with van der Waals surface area (Å²) < 4.78 is 10.6. The minimum atomic E-state index is 0.964. The van der Waals surface area contributed by atoms with E-state index >= 15 is 0 Å². The van der Waals surface area contributed by atoms with Gasteiger partial charge >= 0.3 is 0 Å². The maximum atomic E-state index is 5.45. The first-order chi connectivity index (χ1) is 9.86. The third-order valence-electron chi connectivity index (χ3n) is 3.93. The smallest absolute Gasteiger partial charge is 0.142 e. The van der Waals surface area contributed by atoms with E-state index in [2.05, 4.69) is 23.1 Å². The average Bonchev–Trinajstić information content (AvgIpc) is 3.01. The van der Waals surface area contributed by atoms with Gasteiger partial charge in [0.1, 0.15) is 12.3 Å². The fourth-order valence-corrected chi connectivity index (χ4v) is 2.81. The Bertz CT molecular complexity index is 531. The van der Waals surface area contributed by atoms with Crippen LogP contribution in [0.25, 0.3) is 0 Å². The lowest BCUT2D eigenvalue weighted by molar-refractivity contribution is -0.914. The van der Waals surface area contributed by atoms with Crippen LogP contribution < -0.4 is 14.5 Å². The molecule has 1 saturated heterocycles. The molecule has 1 aliphatic heterocycles. The van der Waals surface area contributed by atoms with Crippen LogP contribution in [0.15, 0.2) is 47.3 Å². The maximum Gasteiger partial charge on any atom is 0.142 e. The Morgan fingerprint density at radius 3 is 2.70 bits per heavy atom. The normalized spacial score (nSPS) is 16.4. The minimum Gasteiger partial charge on any atom is -0.495 e. The SMILES string of the molecule is COc1ccccc1N1CC[NH+](Cc2ccoc2)CC1. The molecule has 3 rings (SSSR count). The van der Waals surface area contributed by atoms with Gasteiger partial charge in [-0.05, 0) is 18.2 Å². The Hall–Kier alpha value is -1.94. The van der Waals surface area contributed by atoms with Crippen molar-refractivity contribution in [2.75, 3.05) is 38.2 Å². The van der Waals surface area contributed by atoms with Crippen molar-refractivity contribution in [1.29, 1.82) is 0 Å². The Morgan fingerprint density at radius 1 is 1.20 bits per heavy atom. The second kappa shape index (κ2) is 6.01. The molecule has 106 valence electrons. The molecule has 0 unspecified atom stereocenters. The van der Waals surface area contributed by atoms with Gasteiger partial charge < -0.3 is 19.0 Å². The summed E-state index contributed by atoms with van der Waals surface area (Å²) >= 11 is 0. The Balaban J connectivity index is 1.60. The number of nitrogens with zero attached hydrogens (tertiary/aromatic N) is 1. The molecule has 1 aromatic heterocycles. The number of piperazine rings is 1. The van der Waals surface area contributed by atoms with Gasteiger partial charge in [0, 0.05) is 5.56 Å². The quantitative estimate of drug-likeness (QED) is 0.907. The van der Waals surface area contributed by atoms with Crippen molar-refractivity contribution in [2.45, 2.75) is 6.54 Å². The third-order valence-corrected chi connectivity index (χ3v) is 3.93. The predicted octanol–water partition coefficient (Wildman–Crippen LogP) is 1.19. The van der Waals surface area contributed by atoms with Gasteiger partial charge in [-0.3, -0.25) is 0 Å². The second-order valence-electron chi connectivity index (χ2n) is 5.22. The van der Waals surface area contributed by atoms with E-state index < -0.39 is 0 Å². The largest absolute Gasteiger partial charge is 0.495 e. The first kappa shape index (κ1) is 13.1. The molecule has 1 aliphatic rings. The van der Waals surface area contributed by atoms with Crippen LogP contribution >= 0.6 is 0 Å². The molecule has 0 saturated carbocycles. The molecular formula is C16H21N2O2+. The van der Waals surface area contributed by atoms with E-state index in [4.69, 9.17) is 9.15 Å². The summed E-state index contributed by atoms with van der Waals surface area (Å²) in [6.07, 6.45) is 3.60. The van der Waals surface area contributed by atoms with E-state index in [0.29, 0.717) is 0 Å². The molecule has 1 aromatic carbocycles. The van der Waals surface area contributed by atoms with Gasteiger partial charge in [0.15, 0.2) is 0 Å². The van der Waals surface area contributed by atoms with Crippen molar-refractivity contribution in [3.8, 4) is 5.75 Å². The van der Waals surface area contributed by atoms with E-state index in [1.807, 2.05) is 18.4 Å². The van der Waals surface area contributed by atoms with Crippen molar-refractivity contribution in [2.24, 2.45) is 0 Å². The van der Waals surface area contributed by atoms with Gasteiger partial charge in [0.25, 0.3) is 0 Å². The number of quaternary nitrogens is 1. The molecule has 0 radical (unpaired) electrons. The highest BCUT2D eigenvalue weighted by Gasteiger charge is 2.22. The van der Waals surface area contributed by atoms with Crippen molar-refractivity contribution >= 4 is 5.69 Å². The molecule has 0 aliphatic carbocycles. The van der Waals surface area contributed by atoms with E-state index in [0.717, 1.165) is 38.5 Å². The number of methoxy groups -OCH3 is 1. The summed E-state index contributed by atoms with van der Waals surface area (Å²) in [6, 6.07) is 10.3. The number of furan rings is 1. The number of nitrogens with one attached hydrogen (secondary N) is 1. The lowest BCUT2D eigenvalue weighted by Crippen LogP contribution is -3.13. The lowest BCUT2D eigenvalue weighted by atomic mass is 10.2. The van der Waals surface area contributed by atoms with Crippen LogP contribution in [0.3, 0.4) is 0 Å². The molecule has 4 nitrogen and oxygen atoms in total. The number of ether oxygens (including phenoxy) is 1. The van der Waals surface area contributed by atoms with E-state index in [-0.39, 0.29) is 0 Å². The van der Waals surface area contributed by atoms with E-state index in [1.165, 1.54) is 11.3 Å². The van der Waals surface area contributed by atoms with Gasteiger partial charge in [-0.2, -0.15) is 0 Å². The Morgan fingerprint density at radius 2 is 2.00 bits per heavy atom. The van der Waals surface area contributed by atoms with Gasteiger partial charge in [-0.15, -0.1) is 0 Å². The maximum absolute atomic E-state index is 5.45. The first-order valence-corrected chi connectivity index (χ1v) is 7.09. The molecule has 0 spiro atoms. The fourth-order valence-electron chi connectivity index (χ4n) is 2.81. The fraction of sp³-hybridized carbons (Fsp3) is 0.375. The van der Waals surface area contributed by atoms with Crippen LogP contribution in [0.4, 0.5) is 5.69 Å². The third kappa shape index (κ3) is 2.80. The zero-order valence-electron chi connectivity index (χ0n) is 11.8. The topological polar surface area (TPSA) is 30.1 Å². The van der Waals surface area contributed by atoms with Crippen molar-refractivity contribution in [3.63, 3.8) is 0 Å². The standard InChI is InChI=1S/C16H20N2O2/c1-19-16-5-3-2-4-15(16)18-9-7-17(8-10-18)12-14-6-11-20-13-14/h2-6,11,13H,7-10,12H2,1H3/p+1. The number of rotatable bonds is 4. The zero-order chi connectivity index (χ0) is 13.8. The van der Waals surface area contributed by atoms with Crippen molar-refractivity contribution in [1.82, 2.24) is 0 Å². The second-order valence-corrected chi connectivity index (χ2v) is 5.22. The lowest BCUT2D eigenvalue weighted by Gasteiger charge is -2.34. The highest BCUT2D eigenvalue weighted by molar-refractivity contribution is 5.58. The highest BCUT2D eigenvalue weighted by Crippen LogP contribution is 2.27. The molecule has 20 heavy (non-hydrogen) atoms. The average molecular weight is 273 g/mol. The highest BCUT2D eigenvalue weighted by atomic mass is 16.5. The monoisotopic (exact) mass is 273 g/mol. The minimum absolute atomic E-state index is 0.964. The molecule has 0 amide bonds.